The molecule has 0 bridgehead atoms. The molecule has 1 atom stereocenters. The van der Waals surface area contributed by atoms with Crippen LogP contribution in [0.15, 0.2) is 53.3 Å². The lowest BCUT2D eigenvalue weighted by Gasteiger charge is -2.24. The van der Waals surface area contributed by atoms with E-state index in [0.717, 1.165) is 39.0 Å². The number of aromatic nitrogens is 2. The summed E-state index contributed by atoms with van der Waals surface area (Å²) in [6.07, 6.45) is 4.61. The van der Waals surface area contributed by atoms with E-state index in [-0.39, 0.29) is 16.7 Å². The molecule has 2 saturated heterocycles. The number of hydrogen-bond acceptors (Lipinski definition) is 4. The summed E-state index contributed by atoms with van der Waals surface area (Å²) in [5.41, 5.74) is 2.46. The van der Waals surface area contributed by atoms with Crippen LogP contribution in [0.2, 0.25) is 0 Å². The minimum absolute atomic E-state index is 0.0437. The molecule has 1 saturated carbocycles. The fraction of sp³-hybridized carbons (Fsp3) is 0.370. The lowest BCUT2D eigenvalue weighted by molar-refractivity contribution is 0.369. The second-order valence-electron chi connectivity index (χ2n) is 9.85. The molecule has 3 aromatic rings. The first-order valence-electron chi connectivity index (χ1n) is 11.9. The van der Waals surface area contributed by atoms with Gasteiger partial charge < -0.3 is 10.2 Å². The summed E-state index contributed by atoms with van der Waals surface area (Å²) in [4.78, 5) is 23.8. The van der Waals surface area contributed by atoms with Crippen molar-refractivity contribution in [3.8, 4) is 17.1 Å². The van der Waals surface area contributed by atoms with E-state index in [0.29, 0.717) is 28.8 Å². The zero-order valence-electron chi connectivity index (χ0n) is 18.9. The quantitative estimate of drug-likeness (QED) is 0.582. The van der Waals surface area contributed by atoms with Gasteiger partial charge in [0.05, 0.1) is 12.3 Å². The SMILES string of the molecule is [C-]#[N+]c1ccc(-c2nc(N3CCC4(CCNC4)C3)cc(=O)n2-c2ccc(C3CC3)cc2)cc1F. The van der Waals surface area contributed by atoms with Crippen LogP contribution in [0.1, 0.15) is 37.2 Å². The summed E-state index contributed by atoms with van der Waals surface area (Å²) < 4.78 is 16.1. The zero-order chi connectivity index (χ0) is 23.3. The monoisotopic (exact) mass is 455 g/mol. The Kier molecular flexibility index (Phi) is 5.00. The van der Waals surface area contributed by atoms with Crippen LogP contribution in [-0.2, 0) is 0 Å². The molecule has 1 aromatic heterocycles. The zero-order valence-corrected chi connectivity index (χ0v) is 18.9. The van der Waals surface area contributed by atoms with Gasteiger partial charge in [-0.1, -0.05) is 24.3 Å². The van der Waals surface area contributed by atoms with Crippen LogP contribution < -0.4 is 15.8 Å². The number of nitrogens with zero attached hydrogens (tertiary/aromatic N) is 4. The molecule has 172 valence electrons. The van der Waals surface area contributed by atoms with Gasteiger partial charge in [-0.2, -0.15) is 0 Å². The van der Waals surface area contributed by atoms with Crippen molar-refractivity contribution in [1.29, 1.82) is 0 Å². The Morgan fingerprint density at radius 1 is 1.12 bits per heavy atom. The second kappa shape index (κ2) is 8.07. The van der Waals surface area contributed by atoms with Crippen molar-refractivity contribution >= 4 is 11.5 Å². The topological polar surface area (TPSA) is 54.5 Å². The van der Waals surface area contributed by atoms with Crippen LogP contribution in [0, 0.1) is 17.8 Å². The standard InChI is InChI=1S/C27H26FN5O/c1-29-23-9-6-20(14-22(23)28)26-31-24(32-13-11-27(17-32)10-12-30-16-27)15-25(34)33(26)21-7-4-19(5-8-21)18-2-3-18/h4-9,14-15,18,30H,2-3,10-13,16-17H2. The van der Waals surface area contributed by atoms with Crippen molar-refractivity contribution in [2.75, 3.05) is 31.1 Å². The van der Waals surface area contributed by atoms with E-state index in [1.807, 2.05) is 12.1 Å². The highest BCUT2D eigenvalue weighted by Gasteiger charge is 2.41. The van der Waals surface area contributed by atoms with E-state index >= 15 is 0 Å². The van der Waals surface area contributed by atoms with Gasteiger partial charge >= 0.3 is 0 Å². The molecule has 3 fully saturated rings. The average molecular weight is 456 g/mol. The lowest BCUT2D eigenvalue weighted by Crippen LogP contribution is -2.31. The lowest BCUT2D eigenvalue weighted by atomic mass is 9.87. The summed E-state index contributed by atoms with van der Waals surface area (Å²) in [5, 5.41) is 3.46. The van der Waals surface area contributed by atoms with Gasteiger partial charge in [-0.3, -0.25) is 9.36 Å². The second-order valence-corrected chi connectivity index (χ2v) is 9.85. The van der Waals surface area contributed by atoms with Crippen molar-refractivity contribution in [3.05, 3.63) is 81.7 Å². The Labute approximate surface area is 197 Å². The highest BCUT2D eigenvalue weighted by molar-refractivity contribution is 5.65. The molecule has 1 N–H and O–H groups in total. The van der Waals surface area contributed by atoms with E-state index in [4.69, 9.17) is 11.6 Å². The minimum Gasteiger partial charge on any atom is -0.356 e. The number of rotatable bonds is 4. The van der Waals surface area contributed by atoms with Crippen LogP contribution in [0.4, 0.5) is 15.9 Å². The van der Waals surface area contributed by atoms with Crippen molar-refractivity contribution in [2.45, 2.75) is 31.6 Å². The van der Waals surface area contributed by atoms with Crippen molar-refractivity contribution < 1.29 is 4.39 Å². The number of nitrogens with one attached hydrogen (secondary N) is 1. The summed E-state index contributed by atoms with van der Waals surface area (Å²) in [6, 6.07) is 14.0. The summed E-state index contributed by atoms with van der Waals surface area (Å²) in [6.45, 7) is 10.9. The van der Waals surface area contributed by atoms with Crippen LogP contribution >= 0.6 is 0 Å². The van der Waals surface area contributed by atoms with Gasteiger partial charge in [0, 0.05) is 36.7 Å². The molecule has 3 heterocycles. The molecule has 2 aliphatic heterocycles. The molecule has 0 radical (unpaired) electrons. The first-order chi connectivity index (χ1) is 16.5. The Morgan fingerprint density at radius 3 is 2.62 bits per heavy atom. The summed E-state index contributed by atoms with van der Waals surface area (Å²) in [5.74, 6) is 1.03. The third-order valence-electron chi connectivity index (χ3n) is 7.53. The minimum atomic E-state index is -0.611. The molecule has 1 unspecified atom stereocenters. The van der Waals surface area contributed by atoms with E-state index < -0.39 is 5.82 Å². The average Bonchev–Trinajstić information content (AvgIpc) is 3.47. The van der Waals surface area contributed by atoms with E-state index in [9.17, 15) is 9.18 Å². The molecule has 1 spiro atoms. The van der Waals surface area contributed by atoms with Crippen LogP contribution in [0.3, 0.4) is 0 Å². The fourth-order valence-corrected chi connectivity index (χ4v) is 5.40. The smallest absolute Gasteiger partial charge is 0.260 e. The third-order valence-corrected chi connectivity index (χ3v) is 7.53. The normalized spacial score (nSPS) is 21.8. The molecule has 6 nitrogen and oxygen atoms in total. The van der Waals surface area contributed by atoms with Crippen LogP contribution in [0.5, 0.6) is 0 Å². The number of benzene rings is 2. The largest absolute Gasteiger partial charge is 0.356 e. The first kappa shape index (κ1) is 21.1. The Bertz CT molecular complexity index is 1350. The molecule has 3 aliphatic rings. The Balaban J connectivity index is 1.46. The van der Waals surface area contributed by atoms with E-state index in [2.05, 4.69) is 27.2 Å². The van der Waals surface area contributed by atoms with Crippen molar-refractivity contribution in [3.63, 3.8) is 0 Å². The maximum absolute atomic E-state index is 14.6. The summed E-state index contributed by atoms with van der Waals surface area (Å²) in [7, 11) is 0. The van der Waals surface area contributed by atoms with Crippen LogP contribution in [0.25, 0.3) is 21.9 Å². The summed E-state index contributed by atoms with van der Waals surface area (Å²) >= 11 is 0. The van der Waals surface area contributed by atoms with E-state index in [1.165, 1.54) is 30.5 Å². The molecule has 0 amide bonds. The Morgan fingerprint density at radius 2 is 1.94 bits per heavy atom. The molecular weight excluding hydrogens is 429 g/mol. The van der Waals surface area contributed by atoms with Gasteiger partial charge in [0.15, 0.2) is 0 Å². The molecule has 2 aromatic carbocycles. The molecular formula is C27H26FN5O. The number of anilines is 1. The number of hydrogen-bond donors (Lipinski definition) is 1. The Hall–Kier alpha value is -3.50. The van der Waals surface area contributed by atoms with Gasteiger partial charge in [-0.05, 0) is 61.9 Å². The maximum Gasteiger partial charge on any atom is 0.260 e. The highest BCUT2D eigenvalue weighted by atomic mass is 19.1. The molecule has 1 aliphatic carbocycles. The predicted octanol–water partition coefficient (Wildman–Crippen LogP) is 4.66. The van der Waals surface area contributed by atoms with Gasteiger partial charge in [-0.25, -0.2) is 14.2 Å². The van der Waals surface area contributed by atoms with Gasteiger partial charge in [0.25, 0.3) is 5.56 Å². The van der Waals surface area contributed by atoms with Gasteiger partial charge in [0.1, 0.15) is 17.5 Å². The van der Waals surface area contributed by atoms with Crippen molar-refractivity contribution in [2.24, 2.45) is 5.41 Å². The molecule has 7 heteroatoms. The molecule has 6 rings (SSSR count). The molecule has 34 heavy (non-hydrogen) atoms. The van der Waals surface area contributed by atoms with Gasteiger partial charge in [-0.15, -0.1) is 0 Å². The van der Waals surface area contributed by atoms with E-state index in [1.54, 1.807) is 16.7 Å². The highest BCUT2D eigenvalue weighted by Crippen LogP contribution is 2.40. The maximum atomic E-state index is 14.6. The van der Waals surface area contributed by atoms with Crippen molar-refractivity contribution in [1.82, 2.24) is 14.9 Å². The third kappa shape index (κ3) is 3.68. The van der Waals surface area contributed by atoms with Crippen LogP contribution in [-0.4, -0.2) is 35.7 Å². The predicted molar refractivity (Wildman–Crippen MR) is 130 cm³/mol. The first-order valence-corrected chi connectivity index (χ1v) is 11.9. The fourth-order valence-electron chi connectivity index (χ4n) is 5.40. The van der Waals surface area contributed by atoms with Gasteiger partial charge in [0.2, 0.25) is 5.69 Å². The number of halogens is 1.